The number of thiophene rings is 2. The standard InChI is InChI=1S/C15H15ClN2S3/c1-9(2)6-19-8-12-17-14(16)13-10(7-21-15(13)18-12)11-4-3-5-20-11/h3-5,7,9H,6,8H2,1-2H3. The Bertz CT molecular complexity index is 735. The topological polar surface area (TPSA) is 25.8 Å². The molecule has 3 rings (SSSR count). The molecule has 0 aliphatic heterocycles. The highest BCUT2D eigenvalue weighted by Crippen LogP contribution is 2.38. The number of hydrogen-bond donors (Lipinski definition) is 0. The molecule has 3 aromatic heterocycles. The minimum Gasteiger partial charge on any atom is -0.221 e. The van der Waals surface area contributed by atoms with Gasteiger partial charge in [-0.1, -0.05) is 31.5 Å². The normalized spacial score (nSPS) is 11.6. The summed E-state index contributed by atoms with van der Waals surface area (Å²) in [5.74, 6) is 3.45. The van der Waals surface area contributed by atoms with Crippen LogP contribution in [0.2, 0.25) is 5.15 Å². The van der Waals surface area contributed by atoms with E-state index in [2.05, 4.69) is 46.7 Å². The minimum atomic E-state index is 0.574. The Morgan fingerprint density at radius 3 is 2.86 bits per heavy atom. The van der Waals surface area contributed by atoms with Gasteiger partial charge in [-0.2, -0.15) is 11.8 Å². The van der Waals surface area contributed by atoms with Crippen LogP contribution in [-0.2, 0) is 5.75 Å². The van der Waals surface area contributed by atoms with Gasteiger partial charge in [0.05, 0.1) is 11.1 Å². The molecule has 0 aromatic carbocycles. The highest BCUT2D eigenvalue weighted by molar-refractivity contribution is 7.98. The van der Waals surface area contributed by atoms with Crippen LogP contribution in [0.3, 0.4) is 0 Å². The largest absolute Gasteiger partial charge is 0.221 e. The molecule has 0 saturated carbocycles. The van der Waals surface area contributed by atoms with Crippen molar-refractivity contribution in [1.82, 2.24) is 9.97 Å². The van der Waals surface area contributed by atoms with Crippen LogP contribution in [0.4, 0.5) is 0 Å². The number of fused-ring (bicyclic) bond motifs is 1. The second-order valence-electron chi connectivity index (χ2n) is 5.15. The summed E-state index contributed by atoms with van der Waals surface area (Å²) in [5.41, 5.74) is 1.15. The van der Waals surface area contributed by atoms with Crippen molar-refractivity contribution in [2.45, 2.75) is 19.6 Å². The minimum absolute atomic E-state index is 0.574. The van der Waals surface area contributed by atoms with E-state index in [0.29, 0.717) is 11.1 Å². The van der Waals surface area contributed by atoms with Crippen LogP contribution in [0.15, 0.2) is 22.9 Å². The molecule has 3 heterocycles. The van der Waals surface area contributed by atoms with Crippen molar-refractivity contribution in [3.8, 4) is 10.4 Å². The summed E-state index contributed by atoms with van der Waals surface area (Å²) in [4.78, 5) is 11.4. The number of rotatable bonds is 5. The average molecular weight is 355 g/mol. The second kappa shape index (κ2) is 6.65. The van der Waals surface area contributed by atoms with Crippen LogP contribution in [0.25, 0.3) is 20.7 Å². The van der Waals surface area contributed by atoms with E-state index in [1.54, 1.807) is 22.7 Å². The lowest BCUT2D eigenvalue weighted by Gasteiger charge is -2.05. The molecule has 0 fully saturated rings. The monoisotopic (exact) mass is 354 g/mol. The van der Waals surface area contributed by atoms with Crippen molar-refractivity contribution in [2.24, 2.45) is 5.92 Å². The Kier molecular flexibility index (Phi) is 4.84. The first-order valence-electron chi connectivity index (χ1n) is 6.70. The fraction of sp³-hybridized carbons (Fsp3) is 0.333. The summed E-state index contributed by atoms with van der Waals surface area (Å²) in [5, 5.41) is 5.76. The quantitative estimate of drug-likeness (QED) is 0.528. The third kappa shape index (κ3) is 3.42. The van der Waals surface area contributed by atoms with Crippen LogP contribution >= 0.6 is 46.0 Å². The second-order valence-corrected chi connectivity index (χ2v) is 8.34. The Morgan fingerprint density at radius 2 is 2.14 bits per heavy atom. The lowest BCUT2D eigenvalue weighted by atomic mass is 10.2. The molecule has 0 aliphatic rings. The molecular formula is C15H15ClN2S3. The molecule has 0 spiro atoms. The van der Waals surface area contributed by atoms with E-state index in [1.807, 2.05) is 11.8 Å². The maximum atomic E-state index is 6.42. The number of aromatic nitrogens is 2. The van der Waals surface area contributed by atoms with Gasteiger partial charge in [-0.25, -0.2) is 9.97 Å². The zero-order valence-corrected chi connectivity index (χ0v) is 15.0. The molecule has 3 aromatic rings. The number of hydrogen-bond acceptors (Lipinski definition) is 5. The summed E-state index contributed by atoms with van der Waals surface area (Å²) >= 11 is 11.6. The van der Waals surface area contributed by atoms with Gasteiger partial charge in [0.1, 0.15) is 15.8 Å². The zero-order valence-electron chi connectivity index (χ0n) is 11.8. The molecule has 6 heteroatoms. The van der Waals surface area contributed by atoms with Crippen LogP contribution in [0.1, 0.15) is 19.7 Å². The lowest BCUT2D eigenvalue weighted by Crippen LogP contribution is -1.96. The van der Waals surface area contributed by atoms with Gasteiger partial charge in [-0.15, -0.1) is 22.7 Å². The van der Waals surface area contributed by atoms with Crippen molar-refractivity contribution in [2.75, 3.05) is 5.75 Å². The number of thioether (sulfide) groups is 1. The predicted octanol–water partition coefficient (Wildman–Crippen LogP) is 5.96. The van der Waals surface area contributed by atoms with Gasteiger partial charge in [0.2, 0.25) is 0 Å². The summed E-state index contributed by atoms with van der Waals surface area (Å²) in [6.45, 7) is 4.44. The van der Waals surface area contributed by atoms with Crippen LogP contribution in [0.5, 0.6) is 0 Å². The molecule has 0 unspecified atom stereocenters. The molecule has 0 radical (unpaired) electrons. The molecule has 110 valence electrons. The van der Waals surface area contributed by atoms with E-state index in [0.717, 1.165) is 33.1 Å². The molecular weight excluding hydrogens is 340 g/mol. The average Bonchev–Trinajstić information content (AvgIpc) is 3.06. The molecule has 0 bridgehead atoms. The maximum Gasteiger partial charge on any atom is 0.142 e. The molecule has 0 amide bonds. The molecule has 0 N–H and O–H groups in total. The first-order valence-corrected chi connectivity index (χ1v) is 9.99. The molecule has 2 nitrogen and oxygen atoms in total. The van der Waals surface area contributed by atoms with E-state index >= 15 is 0 Å². The van der Waals surface area contributed by atoms with Gasteiger partial charge in [0.25, 0.3) is 0 Å². The number of halogens is 1. The molecule has 0 atom stereocenters. The Balaban J connectivity index is 1.91. The van der Waals surface area contributed by atoms with Crippen LogP contribution < -0.4 is 0 Å². The van der Waals surface area contributed by atoms with Gasteiger partial charge in [-0.05, 0) is 23.1 Å². The van der Waals surface area contributed by atoms with Crippen molar-refractivity contribution in [1.29, 1.82) is 0 Å². The van der Waals surface area contributed by atoms with Crippen molar-refractivity contribution in [3.05, 3.63) is 33.9 Å². The first kappa shape index (κ1) is 15.3. The molecule has 0 saturated heterocycles. The highest BCUT2D eigenvalue weighted by atomic mass is 35.5. The van der Waals surface area contributed by atoms with Gasteiger partial charge in [0.15, 0.2) is 0 Å². The van der Waals surface area contributed by atoms with E-state index in [9.17, 15) is 0 Å². The van der Waals surface area contributed by atoms with Crippen LogP contribution in [-0.4, -0.2) is 15.7 Å². The summed E-state index contributed by atoms with van der Waals surface area (Å²) in [6.07, 6.45) is 0. The first-order chi connectivity index (χ1) is 10.1. The van der Waals surface area contributed by atoms with Gasteiger partial charge >= 0.3 is 0 Å². The Labute approximate surface area is 141 Å². The van der Waals surface area contributed by atoms with E-state index < -0.39 is 0 Å². The summed E-state index contributed by atoms with van der Waals surface area (Å²) in [7, 11) is 0. The zero-order chi connectivity index (χ0) is 14.8. The Morgan fingerprint density at radius 1 is 1.29 bits per heavy atom. The number of nitrogens with zero attached hydrogens (tertiary/aromatic N) is 2. The van der Waals surface area contributed by atoms with E-state index in [1.165, 1.54) is 4.88 Å². The fourth-order valence-electron chi connectivity index (χ4n) is 2.00. The Hall–Kier alpha value is -0.620. The van der Waals surface area contributed by atoms with Crippen molar-refractivity contribution >= 4 is 56.3 Å². The molecule has 21 heavy (non-hydrogen) atoms. The lowest BCUT2D eigenvalue weighted by molar-refractivity contribution is 0.750. The summed E-state index contributed by atoms with van der Waals surface area (Å²) in [6, 6.07) is 4.16. The predicted molar refractivity (Wildman–Crippen MR) is 96.7 cm³/mol. The van der Waals surface area contributed by atoms with Gasteiger partial charge in [-0.3, -0.25) is 0 Å². The third-order valence-corrected chi connectivity index (χ3v) is 6.32. The van der Waals surface area contributed by atoms with Crippen molar-refractivity contribution in [3.63, 3.8) is 0 Å². The molecule has 0 aliphatic carbocycles. The van der Waals surface area contributed by atoms with E-state index in [4.69, 9.17) is 11.6 Å². The fourth-order valence-corrected chi connectivity index (χ4v) is 5.03. The third-order valence-electron chi connectivity index (χ3n) is 2.90. The van der Waals surface area contributed by atoms with Gasteiger partial charge in [0, 0.05) is 15.8 Å². The van der Waals surface area contributed by atoms with Gasteiger partial charge < -0.3 is 0 Å². The SMILES string of the molecule is CC(C)CSCc1nc(Cl)c2c(-c3cccs3)csc2n1. The van der Waals surface area contributed by atoms with Crippen molar-refractivity contribution < 1.29 is 0 Å². The highest BCUT2D eigenvalue weighted by Gasteiger charge is 2.14. The van der Waals surface area contributed by atoms with Crippen LogP contribution in [0, 0.1) is 5.92 Å². The smallest absolute Gasteiger partial charge is 0.142 e. The summed E-state index contributed by atoms with van der Waals surface area (Å²) < 4.78 is 0. The maximum absolute atomic E-state index is 6.42. The van der Waals surface area contributed by atoms with E-state index in [-0.39, 0.29) is 0 Å².